The largest absolute Gasteiger partial charge is 0.383 e. The maximum Gasteiger partial charge on any atom is 0.0587 e. The van der Waals surface area contributed by atoms with Gasteiger partial charge in [-0.2, -0.15) is 0 Å². The summed E-state index contributed by atoms with van der Waals surface area (Å²) in [5, 5.41) is 4.64. The molecule has 98 valence electrons. The first-order valence-electron chi connectivity index (χ1n) is 6.26. The fourth-order valence-corrected chi connectivity index (χ4v) is 2.64. The molecule has 1 heterocycles. The van der Waals surface area contributed by atoms with Crippen LogP contribution in [0.3, 0.4) is 0 Å². The van der Waals surface area contributed by atoms with Crippen molar-refractivity contribution in [3.05, 3.63) is 34.9 Å². The van der Waals surface area contributed by atoms with Crippen LogP contribution in [0.4, 0.5) is 0 Å². The molecule has 1 aromatic carbocycles. The molecule has 0 unspecified atom stereocenters. The van der Waals surface area contributed by atoms with E-state index in [-0.39, 0.29) is 0 Å². The zero-order valence-corrected chi connectivity index (χ0v) is 12.2. The molecule has 0 fully saturated rings. The number of hydrogen-bond acceptors (Lipinski definition) is 2. The molecule has 2 rings (SSSR count). The maximum absolute atomic E-state index is 4.99. The molecular formula is C14H19BrN2O. The molecule has 1 aromatic heterocycles. The third-order valence-electron chi connectivity index (χ3n) is 2.98. The minimum absolute atomic E-state index is 0.776. The van der Waals surface area contributed by atoms with Crippen LogP contribution < -0.4 is 5.32 Å². The topological polar surface area (TPSA) is 26.2 Å². The standard InChI is InChI=1S/C14H19BrN2O/c1-18-10-8-16-7-4-9-17-11-13(15)12-5-2-3-6-14(12)17/h2-3,5-6,11,16H,4,7-10H2,1H3. The van der Waals surface area contributed by atoms with Crippen LogP contribution in [0.1, 0.15) is 6.42 Å². The molecule has 18 heavy (non-hydrogen) atoms. The van der Waals surface area contributed by atoms with Gasteiger partial charge in [0, 0.05) is 41.8 Å². The van der Waals surface area contributed by atoms with E-state index in [2.05, 4.69) is 56.3 Å². The number of nitrogens with zero attached hydrogens (tertiary/aromatic N) is 1. The van der Waals surface area contributed by atoms with Gasteiger partial charge in [-0.25, -0.2) is 0 Å². The number of aryl methyl sites for hydroxylation is 1. The molecule has 0 saturated carbocycles. The molecule has 0 aliphatic heterocycles. The summed E-state index contributed by atoms with van der Waals surface area (Å²) in [6.45, 7) is 3.75. The van der Waals surface area contributed by atoms with E-state index in [1.165, 1.54) is 15.4 Å². The molecule has 3 nitrogen and oxygen atoms in total. The molecule has 4 heteroatoms. The minimum Gasteiger partial charge on any atom is -0.383 e. The third kappa shape index (κ3) is 3.34. The molecule has 0 radical (unpaired) electrons. The average molecular weight is 311 g/mol. The van der Waals surface area contributed by atoms with Gasteiger partial charge in [-0.1, -0.05) is 18.2 Å². The minimum atomic E-state index is 0.776. The van der Waals surface area contributed by atoms with E-state index < -0.39 is 0 Å². The zero-order chi connectivity index (χ0) is 12.8. The van der Waals surface area contributed by atoms with Crippen LogP contribution in [0.2, 0.25) is 0 Å². The first-order chi connectivity index (χ1) is 8.83. The van der Waals surface area contributed by atoms with Crippen LogP contribution in [-0.2, 0) is 11.3 Å². The van der Waals surface area contributed by atoms with E-state index in [0.717, 1.165) is 32.7 Å². The SMILES string of the molecule is COCCNCCCn1cc(Br)c2ccccc21. The predicted molar refractivity (Wildman–Crippen MR) is 79.0 cm³/mol. The van der Waals surface area contributed by atoms with Gasteiger partial charge < -0.3 is 14.6 Å². The van der Waals surface area contributed by atoms with Gasteiger partial charge in [-0.05, 0) is 35.0 Å². The maximum atomic E-state index is 4.99. The van der Waals surface area contributed by atoms with E-state index in [1.54, 1.807) is 7.11 Å². The Labute approximate surface area is 116 Å². The summed E-state index contributed by atoms with van der Waals surface area (Å²) in [6, 6.07) is 8.47. The summed E-state index contributed by atoms with van der Waals surface area (Å²) >= 11 is 3.61. The summed E-state index contributed by atoms with van der Waals surface area (Å²) in [5.41, 5.74) is 1.29. The van der Waals surface area contributed by atoms with Crippen molar-refractivity contribution in [1.82, 2.24) is 9.88 Å². The van der Waals surface area contributed by atoms with Crippen molar-refractivity contribution in [2.45, 2.75) is 13.0 Å². The third-order valence-corrected chi connectivity index (χ3v) is 3.61. The van der Waals surface area contributed by atoms with Crippen molar-refractivity contribution >= 4 is 26.8 Å². The van der Waals surface area contributed by atoms with Crippen LogP contribution in [-0.4, -0.2) is 31.4 Å². The lowest BCUT2D eigenvalue weighted by Crippen LogP contribution is -2.21. The van der Waals surface area contributed by atoms with Crippen LogP contribution in [0.15, 0.2) is 34.9 Å². The molecule has 2 aromatic rings. The van der Waals surface area contributed by atoms with Gasteiger partial charge in [0.2, 0.25) is 0 Å². The van der Waals surface area contributed by atoms with Crippen molar-refractivity contribution < 1.29 is 4.74 Å². The Morgan fingerprint density at radius 1 is 1.28 bits per heavy atom. The molecule has 0 atom stereocenters. The number of hydrogen-bond donors (Lipinski definition) is 1. The lowest BCUT2D eigenvalue weighted by atomic mass is 10.2. The number of halogens is 1. The van der Waals surface area contributed by atoms with E-state index in [4.69, 9.17) is 4.74 Å². The Bertz CT molecular complexity index is 495. The van der Waals surface area contributed by atoms with Crippen molar-refractivity contribution in [2.75, 3.05) is 26.8 Å². The van der Waals surface area contributed by atoms with Crippen molar-refractivity contribution in [3.63, 3.8) is 0 Å². The summed E-state index contributed by atoms with van der Waals surface area (Å²) < 4.78 is 8.47. The van der Waals surface area contributed by atoms with Gasteiger partial charge >= 0.3 is 0 Å². The van der Waals surface area contributed by atoms with E-state index in [0.29, 0.717) is 0 Å². The van der Waals surface area contributed by atoms with E-state index >= 15 is 0 Å². The number of aromatic nitrogens is 1. The Morgan fingerprint density at radius 3 is 2.94 bits per heavy atom. The van der Waals surface area contributed by atoms with E-state index in [9.17, 15) is 0 Å². The van der Waals surface area contributed by atoms with Gasteiger partial charge in [0.05, 0.1) is 6.61 Å². The number of para-hydroxylation sites is 1. The predicted octanol–water partition coefficient (Wildman–Crippen LogP) is 3.03. The number of fused-ring (bicyclic) bond motifs is 1. The van der Waals surface area contributed by atoms with Crippen molar-refractivity contribution in [3.8, 4) is 0 Å². The molecule has 0 bridgehead atoms. The highest BCUT2D eigenvalue weighted by atomic mass is 79.9. The Hall–Kier alpha value is -0.840. The Morgan fingerprint density at radius 2 is 2.11 bits per heavy atom. The van der Waals surface area contributed by atoms with Gasteiger partial charge in [-0.3, -0.25) is 0 Å². The summed E-state index contributed by atoms with van der Waals surface area (Å²) in [7, 11) is 1.73. The first kappa shape index (κ1) is 13.6. The molecule has 0 amide bonds. The Kier molecular flexibility index (Phi) is 5.23. The number of nitrogens with one attached hydrogen (secondary N) is 1. The molecule has 0 aliphatic carbocycles. The number of rotatable bonds is 7. The number of methoxy groups -OCH3 is 1. The smallest absolute Gasteiger partial charge is 0.0587 e. The first-order valence-corrected chi connectivity index (χ1v) is 7.05. The number of ether oxygens (including phenoxy) is 1. The van der Waals surface area contributed by atoms with Gasteiger partial charge in [-0.15, -0.1) is 0 Å². The zero-order valence-electron chi connectivity index (χ0n) is 10.7. The van der Waals surface area contributed by atoms with Crippen LogP contribution in [0.5, 0.6) is 0 Å². The second-order valence-corrected chi connectivity index (χ2v) is 5.14. The van der Waals surface area contributed by atoms with Crippen molar-refractivity contribution in [1.29, 1.82) is 0 Å². The quantitative estimate of drug-likeness (QED) is 0.796. The summed E-state index contributed by atoms with van der Waals surface area (Å²) in [5.74, 6) is 0. The average Bonchev–Trinajstić information content (AvgIpc) is 2.71. The van der Waals surface area contributed by atoms with Gasteiger partial charge in [0.1, 0.15) is 0 Å². The second-order valence-electron chi connectivity index (χ2n) is 4.28. The summed E-state index contributed by atoms with van der Waals surface area (Å²) in [6.07, 6.45) is 3.29. The highest BCUT2D eigenvalue weighted by molar-refractivity contribution is 9.10. The molecule has 1 N–H and O–H groups in total. The molecular weight excluding hydrogens is 292 g/mol. The van der Waals surface area contributed by atoms with Crippen LogP contribution in [0, 0.1) is 0 Å². The molecule has 0 spiro atoms. The fraction of sp³-hybridized carbons (Fsp3) is 0.429. The van der Waals surface area contributed by atoms with Gasteiger partial charge in [0.15, 0.2) is 0 Å². The number of benzene rings is 1. The molecule has 0 saturated heterocycles. The highest BCUT2D eigenvalue weighted by Gasteiger charge is 2.04. The monoisotopic (exact) mass is 310 g/mol. The fourth-order valence-electron chi connectivity index (χ4n) is 2.06. The Balaban J connectivity index is 1.88. The lowest BCUT2D eigenvalue weighted by molar-refractivity contribution is 0.199. The lowest BCUT2D eigenvalue weighted by Gasteiger charge is -2.06. The van der Waals surface area contributed by atoms with Crippen molar-refractivity contribution in [2.24, 2.45) is 0 Å². The molecule has 0 aliphatic rings. The van der Waals surface area contributed by atoms with E-state index in [1.807, 2.05) is 0 Å². The van der Waals surface area contributed by atoms with Crippen LogP contribution in [0.25, 0.3) is 10.9 Å². The summed E-state index contributed by atoms with van der Waals surface area (Å²) in [4.78, 5) is 0. The van der Waals surface area contributed by atoms with Gasteiger partial charge in [0.25, 0.3) is 0 Å². The highest BCUT2D eigenvalue weighted by Crippen LogP contribution is 2.25. The second kappa shape index (κ2) is 6.92. The van der Waals surface area contributed by atoms with Crippen LogP contribution >= 0.6 is 15.9 Å². The normalized spacial score (nSPS) is 11.2.